The van der Waals surface area contributed by atoms with Crippen LogP contribution in [-0.2, 0) is 4.79 Å². The SMILES string of the molecule is C=CCNC(=S)NC(=O)CC1CCCC1. The predicted molar refractivity (Wildman–Crippen MR) is 65.5 cm³/mol. The fraction of sp³-hybridized carbons (Fsp3) is 0.636. The molecule has 0 bridgehead atoms. The standard InChI is InChI=1S/C11H18N2OS/c1-2-7-12-11(15)13-10(14)8-9-5-3-4-6-9/h2,9H,1,3-8H2,(H2,12,13,14,15). The van der Waals surface area contributed by atoms with Crippen LogP contribution in [0.4, 0.5) is 0 Å². The molecule has 0 aromatic heterocycles. The monoisotopic (exact) mass is 226 g/mol. The van der Waals surface area contributed by atoms with E-state index in [-0.39, 0.29) is 5.91 Å². The van der Waals surface area contributed by atoms with E-state index < -0.39 is 0 Å². The van der Waals surface area contributed by atoms with Gasteiger partial charge in [-0.25, -0.2) is 0 Å². The molecular formula is C11H18N2OS. The van der Waals surface area contributed by atoms with Gasteiger partial charge in [-0.15, -0.1) is 6.58 Å². The summed E-state index contributed by atoms with van der Waals surface area (Å²) < 4.78 is 0. The van der Waals surface area contributed by atoms with Crippen LogP contribution >= 0.6 is 12.2 Å². The summed E-state index contributed by atoms with van der Waals surface area (Å²) in [5.41, 5.74) is 0. The van der Waals surface area contributed by atoms with Crippen LogP contribution in [0.2, 0.25) is 0 Å². The van der Waals surface area contributed by atoms with Gasteiger partial charge in [0, 0.05) is 13.0 Å². The molecule has 1 rings (SSSR count). The lowest BCUT2D eigenvalue weighted by Crippen LogP contribution is -2.39. The van der Waals surface area contributed by atoms with Crippen molar-refractivity contribution in [3.8, 4) is 0 Å². The van der Waals surface area contributed by atoms with Crippen molar-refractivity contribution in [2.24, 2.45) is 5.92 Å². The molecule has 0 saturated heterocycles. The van der Waals surface area contributed by atoms with Crippen molar-refractivity contribution in [1.82, 2.24) is 10.6 Å². The van der Waals surface area contributed by atoms with Crippen LogP contribution < -0.4 is 10.6 Å². The molecule has 0 heterocycles. The molecule has 1 aliphatic rings. The smallest absolute Gasteiger partial charge is 0.226 e. The number of nitrogens with one attached hydrogen (secondary N) is 2. The third-order valence-corrected chi connectivity index (χ3v) is 2.86. The molecule has 0 unspecified atom stereocenters. The van der Waals surface area contributed by atoms with Crippen molar-refractivity contribution < 1.29 is 4.79 Å². The molecule has 4 heteroatoms. The zero-order chi connectivity index (χ0) is 11.1. The van der Waals surface area contributed by atoms with Crippen LogP contribution in [0, 0.1) is 5.92 Å². The molecule has 0 spiro atoms. The topological polar surface area (TPSA) is 41.1 Å². The van der Waals surface area contributed by atoms with Gasteiger partial charge in [-0.1, -0.05) is 18.9 Å². The molecule has 15 heavy (non-hydrogen) atoms. The molecule has 1 aliphatic carbocycles. The number of hydrogen-bond acceptors (Lipinski definition) is 2. The van der Waals surface area contributed by atoms with Crippen LogP contribution in [0.3, 0.4) is 0 Å². The highest BCUT2D eigenvalue weighted by atomic mass is 32.1. The summed E-state index contributed by atoms with van der Waals surface area (Å²) in [6.07, 6.45) is 7.19. The Balaban J connectivity index is 2.16. The zero-order valence-electron chi connectivity index (χ0n) is 8.92. The van der Waals surface area contributed by atoms with E-state index in [2.05, 4.69) is 17.2 Å². The van der Waals surface area contributed by atoms with E-state index >= 15 is 0 Å². The first-order valence-corrected chi connectivity index (χ1v) is 5.81. The molecule has 0 radical (unpaired) electrons. The number of carbonyl (C=O) groups is 1. The highest BCUT2D eigenvalue weighted by molar-refractivity contribution is 7.80. The molecule has 0 aromatic rings. The summed E-state index contributed by atoms with van der Waals surface area (Å²) in [6.45, 7) is 4.15. The Hall–Kier alpha value is -0.900. The van der Waals surface area contributed by atoms with Gasteiger partial charge < -0.3 is 10.6 Å². The van der Waals surface area contributed by atoms with Gasteiger partial charge in [0.15, 0.2) is 5.11 Å². The highest BCUT2D eigenvalue weighted by Crippen LogP contribution is 2.27. The third kappa shape index (κ3) is 4.93. The lowest BCUT2D eigenvalue weighted by atomic mass is 10.0. The molecule has 0 aliphatic heterocycles. The largest absolute Gasteiger partial charge is 0.359 e. The second-order valence-corrected chi connectivity index (χ2v) is 4.31. The van der Waals surface area contributed by atoms with Gasteiger partial charge in [0.25, 0.3) is 0 Å². The Morgan fingerprint density at radius 2 is 2.13 bits per heavy atom. The van der Waals surface area contributed by atoms with Crippen molar-refractivity contribution in [1.29, 1.82) is 0 Å². The molecule has 0 atom stereocenters. The van der Waals surface area contributed by atoms with E-state index in [9.17, 15) is 4.79 Å². The maximum Gasteiger partial charge on any atom is 0.226 e. The first kappa shape index (κ1) is 12.2. The van der Waals surface area contributed by atoms with Crippen LogP contribution in [0.25, 0.3) is 0 Å². The van der Waals surface area contributed by atoms with Gasteiger partial charge in [-0.05, 0) is 31.0 Å². The van der Waals surface area contributed by atoms with Gasteiger partial charge in [0.2, 0.25) is 5.91 Å². The lowest BCUT2D eigenvalue weighted by Gasteiger charge is -2.10. The number of thiocarbonyl (C=S) groups is 1. The average molecular weight is 226 g/mol. The van der Waals surface area contributed by atoms with E-state index in [1.54, 1.807) is 6.08 Å². The van der Waals surface area contributed by atoms with E-state index in [1.165, 1.54) is 25.7 Å². The maximum absolute atomic E-state index is 11.5. The Morgan fingerprint density at radius 3 is 2.73 bits per heavy atom. The first-order chi connectivity index (χ1) is 7.22. The van der Waals surface area contributed by atoms with Gasteiger partial charge in [0.1, 0.15) is 0 Å². The van der Waals surface area contributed by atoms with Crippen molar-refractivity contribution in [2.75, 3.05) is 6.54 Å². The van der Waals surface area contributed by atoms with Gasteiger partial charge >= 0.3 is 0 Å². The quantitative estimate of drug-likeness (QED) is 0.567. The second kappa shape index (κ2) is 6.56. The second-order valence-electron chi connectivity index (χ2n) is 3.90. The highest BCUT2D eigenvalue weighted by Gasteiger charge is 2.18. The Morgan fingerprint density at radius 1 is 1.47 bits per heavy atom. The molecule has 1 saturated carbocycles. The minimum absolute atomic E-state index is 0.0310. The third-order valence-electron chi connectivity index (χ3n) is 2.61. The summed E-state index contributed by atoms with van der Waals surface area (Å²) in [7, 11) is 0. The zero-order valence-corrected chi connectivity index (χ0v) is 9.74. The van der Waals surface area contributed by atoms with Crippen molar-refractivity contribution in [2.45, 2.75) is 32.1 Å². The minimum Gasteiger partial charge on any atom is -0.359 e. The van der Waals surface area contributed by atoms with Crippen LogP contribution in [0.5, 0.6) is 0 Å². The van der Waals surface area contributed by atoms with Gasteiger partial charge in [0.05, 0.1) is 0 Å². The number of amides is 1. The average Bonchev–Trinajstić information content (AvgIpc) is 2.67. The maximum atomic E-state index is 11.5. The van der Waals surface area contributed by atoms with Crippen molar-refractivity contribution in [3.63, 3.8) is 0 Å². The molecule has 0 aromatic carbocycles. The number of rotatable bonds is 4. The molecule has 1 amide bonds. The summed E-state index contributed by atoms with van der Waals surface area (Å²) in [5.74, 6) is 0.593. The number of hydrogen-bond donors (Lipinski definition) is 2. The van der Waals surface area contributed by atoms with Crippen LogP contribution in [0.1, 0.15) is 32.1 Å². The van der Waals surface area contributed by atoms with E-state index in [0.29, 0.717) is 24.0 Å². The van der Waals surface area contributed by atoms with E-state index in [1.807, 2.05) is 0 Å². The molecule has 1 fully saturated rings. The van der Waals surface area contributed by atoms with Gasteiger partial charge in [-0.3, -0.25) is 4.79 Å². The van der Waals surface area contributed by atoms with Gasteiger partial charge in [-0.2, -0.15) is 0 Å². The molecule has 84 valence electrons. The predicted octanol–water partition coefficient (Wildman–Crippen LogP) is 1.74. The normalized spacial score (nSPS) is 16.0. The minimum atomic E-state index is 0.0310. The first-order valence-electron chi connectivity index (χ1n) is 5.41. The fourth-order valence-electron chi connectivity index (χ4n) is 1.86. The van der Waals surface area contributed by atoms with Crippen LogP contribution in [0.15, 0.2) is 12.7 Å². The van der Waals surface area contributed by atoms with Crippen molar-refractivity contribution >= 4 is 23.2 Å². The van der Waals surface area contributed by atoms with Crippen LogP contribution in [-0.4, -0.2) is 17.6 Å². The Labute approximate surface area is 96.3 Å². The molecular weight excluding hydrogens is 208 g/mol. The van der Waals surface area contributed by atoms with E-state index in [4.69, 9.17) is 12.2 Å². The lowest BCUT2D eigenvalue weighted by molar-refractivity contribution is -0.120. The molecule has 2 N–H and O–H groups in total. The summed E-state index contributed by atoms with van der Waals surface area (Å²) in [4.78, 5) is 11.5. The summed E-state index contributed by atoms with van der Waals surface area (Å²) >= 11 is 4.95. The Kier molecular flexibility index (Phi) is 5.32. The van der Waals surface area contributed by atoms with E-state index in [0.717, 1.165) is 0 Å². The summed E-state index contributed by atoms with van der Waals surface area (Å²) in [5, 5.41) is 5.95. The number of carbonyl (C=O) groups excluding carboxylic acids is 1. The fourth-order valence-corrected chi connectivity index (χ4v) is 2.06. The van der Waals surface area contributed by atoms with Crippen molar-refractivity contribution in [3.05, 3.63) is 12.7 Å². The molecule has 3 nitrogen and oxygen atoms in total. The Bertz CT molecular complexity index is 247. The summed E-state index contributed by atoms with van der Waals surface area (Å²) in [6, 6.07) is 0.